The molecule has 19 heavy (non-hydrogen) atoms. The van der Waals surface area contributed by atoms with Gasteiger partial charge in [-0.25, -0.2) is 0 Å². The van der Waals surface area contributed by atoms with Gasteiger partial charge in [-0.05, 0) is 18.9 Å². The molecule has 1 heterocycles. The maximum Gasteiger partial charge on any atom is 0.236 e. The van der Waals surface area contributed by atoms with Crippen LogP contribution in [0.25, 0.3) is 11.0 Å². The fourth-order valence-corrected chi connectivity index (χ4v) is 2.15. The summed E-state index contributed by atoms with van der Waals surface area (Å²) in [5, 5.41) is 4.32. The van der Waals surface area contributed by atoms with Crippen molar-refractivity contribution in [1.82, 2.24) is 10.2 Å². The van der Waals surface area contributed by atoms with Crippen molar-refractivity contribution in [1.29, 1.82) is 0 Å². The second-order valence-corrected chi connectivity index (χ2v) is 5.16. The first-order chi connectivity index (χ1) is 9.24. The maximum absolute atomic E-state index is 12.0. The van der Waals surface area contributed by atoms with Crippen LogP contribution in [0.1, 0.15) is 18.4 Å². The van der Waals surface area contributed by atoms with Crippen LogP contribution < -0.4 is 5.32 Å². The molecule has 0 spiro atoms. The minimum atomic E-state index is 0.122. The second kappa shape index (κ2) is 5.05. The summed E-state index contributed by atoms with van der Waals surface area (Å²) in [5.41, 5.74) is 1.92. The number of hydrogen-bond donors (Lipinski definition) is 1. The van der Waals surface area contributed by atoms with E-state index in [1.54, 1.807) is 11.2 Å². The predicted octanol–water partition coefficient (Wildman–Crippen LogP) is 2.14. The number of furan rings is 1. The van der Waals surface area contributed by atoms with Gasteiger partial charge in [0.15, 0.2) is 0 Å². The van der Waals surface area contributed by atoms with E-state index in [9.17, 15) is 4.79 Å². The molecule has 0 bridgehead atoms. The van der Waals surface area contributed by atoms with Crippen LogP contribution in [0.4, 0.5) is 0 Å². The molecule has 1 amide bonds. The van der Waals surface area contributed by atoms with E-state index in [2.05, 4.69) is 5.32 Å². The Balaban J connectivity index is 1.64. The van der Waals surface area contributed by atoms with Crippen LogP contribution in [0.3, 0.4) is 0 Å². The number of para-hydroxylation sites is 1. The minimum absolute atomic E-state index is 0.122. The lowest BCUT2D eigenvalue weighted by atomic mass is 10.1. The van der Waals surface area contributed by atoms with Gasteiger partial charge in [0.1, 0.15) is 5.58 Å². The van der Waals surface area contributed by atoms with E-state index in [0.29, 0.717) is 19.1 Å². The van der Waals surface area contributed by atoms with E-state index >= 15 is 0 Å². The van der Waals surface area contributed by atoms with Gasteiger partial charge in [-0.15, -0.1) is 0 Å². The zero-order valence-electron chi connectivity index (χ0n) is 11.1. The first-order valence-electron chi connectivity index (χ1n) is 6.66. The van der Waals surface area contributed by atoms with Crippen LogP contribution in [0.2, 0.25) is 0 Å². The van der Waals surface area contributed by atoms with Gasteiger partial charge in [0.25, 0.3) is 0 Å². The van der Waals surface area contributed by atoms with Gasteiger partial charge in [-0.1, -0.05) is 18.2 Å². The molecule has 4 nitrogen and oxygen atoms in total. The van der Waals surface area contributed by atoms with Crippen LogP contribution in [0.15, 0.2) is 34.9 Å². The smallest absolute Gasteiger partial charge is 0.236 e. The highest BCUT2D eigenvalue weighted by Gasteiger charge is 2.22. The third kappa shape index (κ3) is 2.79. The van der Waals surface area contributed by atoms with E-state index in [4.69, 9.17) is 4.42 Å². The zero-order valence-corrected chi connectivity index (χ0v) is 11.1. The molecule has 1 aromatic carbocycles. The molecule has 0 saturated heterocycles. The van der Waals surface area contributed by atoms with Crippen LogP contribution in [-0.4, -0.2) is 30.4 Å². The molecular formula is C15H18N2O2. The van der Waals surface area contributed by atoms with Gasteiger partial charge in [-0.2, -0.15) is 0 Å². The topological polar surface area (TPSA) is 45.5 Å². The highest BCUT2D eigenvalue weighted by atomic mass is 16.3. The lowest BCUT2D eigenvalue weighted by Crippen LogP contribution is -2.35. The molecule has 1 aliphatic carbocycles. The number of carbonyl (C=O) groups is 1. The molecule has 4 heteroatoms. The number of nitrogens with zero attached hydrogens (tertiary/aromatic N) is 1. The van der Waals surface area contributed by atoms with Crippen molar-refractivity contribution in [2.75, 3.05) is 13.6 Å². The summed E-state index contributed by atoms with van der Waals surface area (Å²) >= 11 is 0. The number of rotatable bonds is 5. The molecule has 100 valence electrons. The summed E-state index contributed by atoms with van der Waals surface area (Å²) in [5.74, 6) is 0.122. The molecule has 0 atom stereocenters. The van der Waals surface area contributed by atoms with Crippen molar-refractivity contribution < 1.29 is 9.21 Å². The van der Waals surface area contributed by atoms with Gasteiger partial charge in [-0.3, -0.25) is 4.79 Å². The highest BCUT2D eigenvalue weighted by molar-refractivity contribution is 5.82. The molecule has 1 N–H and O–H groups in total. The van der Waals surface area contributed by atoms with Crippen molar-refractivity contribution in [3.63, 3.8) is 0 Å². The third-order valence-corrected chi connectivity index (χ3v) is 3.51. The Morgan fingerprint density at radius 3 is 3.00 bits per heavy atom. The highest BCUT2D eigenvalue weighted by Crippen LogP contribution is 2.22. The number of benzene rings is 1. The normalized spacial score (nSPS) is 14.8. The quantitative estimate of drug-likeness (QED) is 0.893. The number of carbonyl (C=O) groups excluding carboxylic acids is 1. The largest absolute Gasteiger partial charge is 0.464 e. The molecule has 0 radical (unpaired) electrons. The Morgan fingerprint density at radius 2 is 2.21 bits per heavy atom. The Labute approximate surface area is 112 Å². The molecule has 1 aromatic heterocycles. The lowest BCUT2D eigenvalue weighted by Gasteiger charge is -2.16. The summed E-state index contributed by atoms with van der Waals surface area (Å²) in [6.45, 7) is 1.01. The molecule has 3 rings (SSSR count). The van der Waals surface area contributed by atoms with Crippen LogP contribution in [0.5, 0.6) is 0 Å². The standard InChI is InChI=1S/C15H18N2O2/c1-17(15(18)8-16-12-6-7-12)9-11-10-19-14-5-3-2-4-13(11)14/h2-5,10,12,16H,6-9H2,1H3. The molecule has 1 saturated carbocycles. The molecule has 1 fully saturated rings. The lowest BCUT2D eigenvalue weighted by molar-refractivity contribution is -0.129. The average Bonchev–Trinajstić information content (AvgIpc) is 3.18. The molecule has 0 aliphatic heterocycles. The van der Waals surface area contributed by atoms with E-state index in [1.807, 2.05) is 31.3 Å². The number of nitrogens with one attached hydrogen (secondary N) is 1. The summed E-state index contributed by atoms with van der Waals surface area (Å²) in [6.07, 6.45) is 4.13. The molecule has 2 aromatic rings. The van der Waals surface area contributed by atoms with Gasteiger partial charge >= 0.3 is 0 Å². The number of amides is 1. The SMILES string of the molecule is CN(Cc1coc2ccccc12)C(=O)CNC1CC1. The Kier molecular flexibility index (Phi) is 3.25. The van der Waals surface area contributed by atoms with Crippen LogP contribution in [-0.2, 0) is 11.3 Å². The van der Waals surface area contributed by atoms with Crippen molar-refractivity contribution >= 4 is 16.9 Å². The third-order valence-electron chi connectivity index (χ3n) is 3.51. The number of hydrogen-bond acceptors (Lipinski definition) is 3. The van der Waals surface area contributed by atoms with E-state index < -0.39 is 0 Å². The van der Waals surface area contributed by atoms with Gasteiger partial charge in [0.2, 0.25) is 5.91 Å². The predicted molar refractivity (Wildman–Crippen MR) is 73.7 cm³/mol. The van der Waals surface area contributed by atoms with Crippen LogP contribution in [0, 0.1) is 0 Å². The van der Waals surface area contributed by atoms with Crippen molar-refractivity contribution in [3.05, 3.63) is 36.1 Å². The van der Waals surface area contributed by atoms with Crippen molar-refractivity contribution in [3.8, 4) is 0 Å². The second-order valence-electron chi connectivity index (χ2n) is 5.16. The zero-order chi connectivity index (χ0) is 13.2. The molecule has 1 aliphatic rings. The Morgan fingerprint density at radius 1 is 1.42 bits per heavy atom. The summed E-state index contributed by atoms with van der Waals surface area (Å²) in [6, 6.07) is 8.46. The fourth-order valence-electron chi connectivity index (χ4n) is 2.15. The van der Waals surface area contributed by atoms with Gasteiger partial charge in [0, 0.05) is 30.6 Å². The Hall–Kier alpha value is -1.81. The monoisotopic (exact) mass is 258 g/mol. The summed E-state index contributed by atoms with van der Waals surface area (Å²) in [4.78, 5) is 13.7. The summed E-state index contributed by atoms with van der Waals surface area (Å²) in [7, 11) is 1.83. The van der Waals surface area contributed by atoms with Crippen LogP contribution >= 0.6 is 0 Å². The fraction of sp³-hybridized carbons (Fsp3) is 0.400. The molecular weight excluding hydrogens is 240 g/mol. The average molecular weight is 258 g/mol. The minimum Gasteiger partial charge on any atom is -0.464 e. The van der Waals surface area contributed by atoms with Crippen molar-refractivity contribution in [2.24, 2.45) is 0 Å². The number of fused-ring (bicyclic) bond motifs is 1. The molecule has 0 unspecified atom stereocenters. The van der Waals surface area contributed by atoms with E-state index in [1.165, 1.54) is 12.8 Å². The Bertz CT molecular complexity index is 587. The van der Waals surface area contributed by atoms with Gasteiger partial charge in [0.05, 0.1) is 12.8 Å². The first kappa shape index (κ1) is 12.2. The number of likely N-dealkylation sites (N-methyl/N-ethyl adjacent to an activating group) is 1. The van der Waals surface area contributed by atoms with E-state index in [0.717, 1.165) is 16.5 Å². The maximum atomic E-state index is 12.0. The van der Waals surface area contributed by atoms with E-state index in [-0.39, 0.29) is 5.91 Å². The summed E-state index contributed by atoms with van der Waals surface area (Å²) < 4.78 is 5.48. The first-order valence-corrected chi connectivity index (χ1v) is 6.66. The van der Waals surface area contributed by atoms with Gasteiger partial charge < -0.3 is 14.6 Å². The van der Waals surface area contributed by atoms with Crippen molar-refractivity contribution in [2.45, 2.75) is 25.4 Å².